The van der Waals surface area contributed by atoms with E-state index in [1.165, 1.54) is 67.3 Å². The summed E-state index contributed by atoms with van der Waals surface area (Å²) in [4.78, 5) is 56.0. The minimum atomic E-state index is -4.63. The first kappa shape index (κ1) is 31.4. The molecule has 0 aliphatic carbocycles. The Kier molecular flexibility index (Phi) is 8.47. The van der Waals surface area contributed by atoms with E-state index in [2.05, 4.69) is 10.3 Å². The van der Waals surface area contributed by atoms with Crippen molar-refractivity contribution < 1.29 is 37.0 Å². The standard InChI is InChI=1S/C30H27F4N5O6/c1-16-11-19(38-9-10-45-15-24(38)30(32,33)34)13-21(31)25(16)26(40)36-22(28(42)43)12-17-3-5-18(6-4-17)39-27(41)20-7-8-35-14-23(20)37(2)29(39)44/h3-8,11,13-14,22,24H,9-10,12,15H2,1-2H3,(H,36,40)(H,42,43)/t22-,24+/m0/s1. The van der Waals surface area contributed by atoms with Gasteiger partial charge in [-0.2, -0.15) is 13.2 Å². The topological polar surface area (TPSA) is 136 Å². The fourth-order valence-electron chi connectivity index (χ4n) is 5.33. The van der Waals surface area contributed by atoms with Crippen LogP contribution in [0.15, 0.2) is 64.4 Å². The highest BCUT2D eigenvalue weighted by Gasteiger charge is 2.45. The Hall–Kier alpha value is -5.05. The van der Waals surface area contributed by atoms with Crippen LogP contribution in [0.3, 0.4) is 0 Å². The van der Waals surface area contributed by atoms with Crippen molar-refractivity contribution in [3.63, 3.8) is 0 Å². The van der Waals surface area contributed by atoms with Crippen molar-refractivity contribution >= 4 is 28.5 Å². The van der Waals surface area contributed by atoms with Gasteiger partial charge in [-0.1, -0.05) is 12.1 Å². The van der Waals surface area contributed by atoms with Crippen molar-refractivity contribution in [1.82, 2.24) is 19.4 Å². The van der Waals surface area contributed by atoms with E-state index in [0.29, 0.717) is 11.1 Å². The van der Waals surface area contributed by atoms with Gasteiger partial charge >= 0.3 is 17.8 Å². The molecule has 15 heteroatoms. The lowest BCUT2D eigenvalue weighted by atomic mass is 10.0. The first-order valence-corrected chi connectivity index (χ1v) is 13.7. The highest BCUT2D eigenvalue weighted by atomic mass is 19.4. The monoisotopic (exact) mass is 629 g/mol. The quantitative estimate of drug-likeness (QED) is 0.298. The van der Waals surface area contributed by atoms with Crippen LogP contribution in [-0.2, 0) is 23.0 Å². The van der Waals surface area contributed by atoms with Gasteiger partial charge in [0.05, 0.1) is 41.6 Å². The molecular weight excluding hydrogens is 602 g/mol. The van der Waals surface area contributed by atoms with Gasteiger partial charge in [0.1, 0.15) is 17.9 Å². The average molecular weight is 630 g/mol. The largest absolute Gasteiger partial charge is 0.480 e. The van der Waals surface area contributed by atoms with Crippen molar-refractivity contribution in [3.05, 3.63) is 98.2 Å². The van der Waals surface area contributed by atoms with Gasteiger partial charge in [-0.05, 0) is 48.4 Å². The Labute approximate surface area is 252 Å². The van der Waals surface area contributed by atoms with Crippen LogP contribution >= 0.6 is 0 Å². The lowest BCUT2D eigenvalue weighted by Crippen LogP contribution is -2.53. The van der Waals surface area contributed by atoms with Crippen LogP contribution in [0.25, 0.3) is 16.6 Å². The van der Waals surface area contributed by atoms with Crippen LogP contribution < -0.4 is 21.5 Å². The predicted octanol–water partition coefficient (Wildman–Crippen LogP) is 2.73. The molecule has 5 rings (SSSR count). The predicted molar refractivity (Wildman–Crippen MR) is 154 cm³/mol. The number of fused-ring (bicyclic) bond motifs is 1. The van der Waals surface area contributed by atoms with Crippen LogP contribution in [0.4, 0.5) is 23.2 Å². The van der Waals surface area contributed by atoms with Crippen molar-refractivity contribution in [1.29, 1.82) is 0 Å². The molecule has 3 heterocycles. The number of aryl methyl sites for hydroxylation is 2. The molecule has 1 saturated heterocycles. The number of carboxylic acid groups (broad SMARTS) is 1. The molecule has 1 aliphatic heterocycles. The van der Waals surface area contributed by atoms with E-state index < -0.39 is 59.4 Å². The zero-order chi connectivity index (χ0) is 32.6. The molecule has 236 valence electrons. The van der Waals surface area contributed by atoms with Gasteiger partial charge in [0.25, 0.3) is 11.5 Å². The Morgan fingerprint density at radius 1 is 1.13 bits per heavy atom. The summed E-state index contributed by atoms with van der Waals surface area (Å²) in [5.74, 6) is -3.59. The number of halogens is 4. The number of rotatable bonds is 7. The average Bonchev–Trinajstić information content (AvgIpc) is 2.99. The molecule has 2 aromatic heterocycles. The van der Waals surface area contributed by atoms with E-state index in [0.717, 1.165) is 15.5 Å². The molecular formula is C30H27F4N5O6. The number of carbonyl (C=O) groups excluding carboxylic acids is 1. The number of aliphatic carboxylic acids is 1. The maximum absolute atomic E-state index is 15.2. The number of pyridine rings is 1. The number of aromatic nitrogens is 3. The lowest BCUT2D eigenvalue weighted by molar-refractivity contribution is -0.167. The van der Waals surface area contributed by atoms with Gasteiger partial charge in [0.15, 0.2) is 0 Å². The third-order valence-corrected chi connectivity index (χ3v) is 7.65. The summed E-state index contributed by atoms with van der Waals surface area (Å²) in [5.41, 5.74) is -0.753. The molecule has 0 unspecified atom stereocenters. The van der Waals surface area contributed by atoms with E-state index in [-0.39, 0.29) is 41.9 Å². The third-order valence-electron chi connectivity index (χ3n) is 7.65. The van der Waals surface area contributed by atoms with E-state index in [1.54, 1.807) is 0 Å². The first-order valence-electron chi connectivity index (χ1n) is 13.7. The zero-order valence-corrected chi connectivity index (χ0v) is 24.0. The highest BCUT2D eigenvalue weighted by molar-refractivity contribution is 5.98. The second-order valence-corrected chi connectivity index (χ2v) is 10.6. The molecule has 1 amide bonds. The van der Waals surface area contributed by atoms with Crippen LogP contribution in [0, 0.1) is 12.7 Å². The number of anilines is 1. The number of carboxylic acids is 1. The molecule has 4 aromatic rings. The van der Waals surface area contributed by atoms with E-state index in [1.807, 2.05) is 0 Å². The molecule has 0 radical (unpaired) electrons. The minimum absolute atomic E-state index is 0.00409. The molecule has 0 saturated carbocycles. The second-order valence-electron chi connectivity index (χ2n) is 10.6. The molecule has 1 aliphatic rings. The maximum atomic E-state index is 15.2. The number of benzene rings is 2. The number of nitrogens with zero attached hydrogens (tertiary/aromatic N) is 4. The smallest absolute Gasteiger partial charge is 0.411 e. The van der Waals surface area contributed by atoms with Crippen molar-refractivity contribution in [2.24, 2.45) is 7.05 Å². The Balaban J connectivity index is 1.36. The molecule has 0 bridgehead atoms. The van der Waals surface area contributed by atoms with Crippen molar-refractivity contribution in [2.45, 2.75) is 31.6 Å². The summed E-state index contributed by atoms with van der Waals surface area (Å²) in [6, 6.07) is 5.92. The Morgan fingerprint density at radius 3 is 2.49 bits per heavy atom. The molecule has 2 aromatic carbocycles. The fourth-order valence-corrected chi connectivity index (χ4v) is 5.33. The molecule has 11 nitrogen and oxygen atoms in total. The first-order chi connectivity index (χ1) is 21.3. The van der Waals surface area contributed by atoms with Crippen molar-refractivity contribution in [3.8, 4) is 5.69 Å². The van der Waals surface area contributed by atoms with Gasteiger partial charge < -0.3 is 20.1 Å². The molecule has 2 atom stereocenters. The highest BCUT2D eigenvalue weighted by Crippen LogP contribution is 2.33. The summed E-state index contributed by atoms with van der Waals surface area (Å²) in [6.45, 7) is 0.579. The van der Waals surface area contributed by atoms with Crippen LogP contribution in [0.1, 0.15) is 21.5 Å². The van der Waals surface area contributed by atoms with E-state index in [4.69, 9.17) is 4.74 Å². The maximum Gasteiger partial charge on any atom is 0.411 e. The SMILES string of the molecule is Cc1cc(N2CCOC[C@@H]2C(F)(F)F)cc(F)c1C(=O)N[C@@H](Cc1ccc(-n2c(=O)c3ccncc3n(C)c2=O)cc1)C(=O)O. The summed E-state index contributed by atoms with van der Waals surface area (Å²) in [6.07, 6.45) is -2.04. The minimum Gasteiger partial charge on any atom is -0.480 e. The number of ether oxygens (including phenoxy) is 1. The number of morpholine rings is 1. The van der Waals surface area contributed by atoms with Gasteiger partial charge in [-0.3, -0.25) is 19.1 Å². The third kappa shape index (κ3) is 6.16. The van der Waals surface area contributed by atoms with Gasteiger partial charge in [0.2, 0.25) is 0 Å². The summed E-state index contributed by atoms with van der Waals surface area (Å²) in [7, 11) is 1.50. The molecule has 0 spiro atoms. The molecule has 2 N–H and O–H groups in total. The zero-order valence-electron chi connectivity index (χ0n) is 24.0. The number of hydrogen-bond donors (Lipinski definition) is 2. The number of carbonyl (C=O) groups is 2. The van der Waals surface area contributed by atoms with Crippen LogP contribution in [-0.4, -0.2) is 69.1 Å². The number of alkyl halides is 3. The Morgan fingerprint density at radius 2 is 1.84 bits per heavy atom. The van der Waals surface area contributed by atoms with Crippen LogP contribution in [0.2, 0.25) is 0 Å². The molecule has 45 heavy (non-hydrogen) atoms. The van der Waals surface area contributed by atoms with E-state index in [9.17, 15) is 37.5 Å². The normalized spacial score (nSPS) is 16.0. The molecule has 1 fully saturated rings. The number of nitrogens with one attached hydrogen (secondary N) is 1. The van der Waals surface area contributed by atoms with Gasteiger partial charge in [-0.15, -0.1) is 0 Å². The fraction of sp³-hybridized carbons (Fsp3) is 0.300. The number of hydrogen-bond acceptors (Lipinski definition) is 7. The van der Waals surface area contributed by atoms with Crippen LogP contribution in [0.5, 0.6) is 0 Å². The van der Waals surface area contributed by atoms with E-state index >= 15 is 4.39 Å². The second kappa shape index (κ2) is 12.1. The lowest BCUT2D eigenvalue weighted by Gasteiger charge is -2.38. The van der Waals surface area contributed by atoms with Gasteiger partial charge in [-0.25, -0.2) is 18.5 Å². The number of amides is 1. The van der Waals surface area contributed by atoms with Gasteiger partial charge in [0, 0.05) is 31.9 Å². The van der Waals surface area contributed by atoms with Crippen molar-refractivity contribution in [2.75, 3.05) is 24.7 Å². The Bertz CT molecular complexity index is 1880. The summed E-state index contributed by atoms with van der Waals surface area (Å²) < 4.78 is 63.0. The summed E-state index contributed by atoms with van der Waals surface area (Å²) in [5, 5.41) is 12.3. The summed E-state index contributed by atoms with van der Waals surface area (Å²) >= 11 is 0.